The van der Waals surface area contributed by atoms with Gasteiger partial charge in [-0.1, -0.05) is 67.2 Å². The van der Waals surface area contributed by atoms with Crippen LogP contribution >= 0.6 is 0 Å². The number of piperidine rings is 1. The van der Waals surface area contributed by atoms with Crippen molar-refractivity contribution < 1.29 is 14.7 Å². The van der Waals surface area contributed by atoms with E-state index in [-0.39, 0.29) is 17.6 Å². The van der Waals surface area contributed by atoms with Crippen LogP contribution in [0.25, 0.3) is 0 Å². The molecule has 1 aromatic carbocycles. The van der Waals surface area contributed by atoms with Crippen molar-refractivity contribution in [3.63, 3.8) is 0 Å². The van der Waals surface area contributed by atoms with Crippen molar-refractivity contribution in [3.8, 4) is 0 Å². The fraction of sp³-hybridized carbons (Fsp3) is 0.424. The highest BCUT2D eigenvalue weighted by atomic mass is 16.6. The Morgan fingerprint density at radius 2 is 1.82 bits per heavy atom. The largest absolute Gasteiger partial charge is 0.444 e. The molecule has 1 fully saturated rings. The van der Waals surface area contributed by atoms with E-state index >= 15 is 0 Å². The number of rotatable bonds is 9. The lowest BCUT2D eigenvalue weighted by atomic mass is 9.83. The average molecular weight is 546 g/mol. The predicted octanol–water partition coefficient (Wildman–Crippen LogP) is 6.93. The van der Waals surface area contributed by atoms with Crippen LogP contribution in [0.15, 0.2) is 89.0 Å². The number of carbonyl (C=O) groups excluding carboxylic acids is 1. The van der Waals surface area contributed by atoms with Gasteiger partial charge in [0.25, 0.3) is 0 Å². The minimum absolute atomic E-state index is 0.125. The second kappa shape index (κ2) is 14.0. The lowest BCUT2D eigenvalue weighted by Crippen LogP contribution is -2.41. The monoisotopic (exact) mass is 545 g/mol. The van der Waals surface area contributed by atoms with E-state index in [0.717, 1.165) is 30.4 Å². The topological polar surface area (TPSA) is 84.1 Å². The van der Waals surface area contributed by atoms with E-state index in [1.54, 1.807) is 24.2 Å². The Morgan fingerprint density at radius 1 is 1.15 bits per heavy atom. The zero-order chi connectivity index (χ0) is 29.3. The van der Waals surface area contributed by atoms with Crippen LogP contribution in [0, 0.1) is 0 Å². The molecule has 1 atom stereocenters. The van der Waals surface area contributed by atoms with Gasteiger partial charge in [-0.25, -0.2) is 4.79 Å². The predicted molar refractivity (Wildman–Crippen MR) is 161 cm³/mol. The molecule has 1 aromatic heterocycles. The number of pyridine rings is 1. The molecule has 0 saturated carbocycles. The van der Waals surface area contributed by atoms with Gasteiger partial charge in [-0.05, 0) is 68.7 Å². The highest BCUT2D eigenvalue weighted by molar-refractivity contribution is 6.00. The quantitative estimate of drug-likeness (QED) is 0.160. The van der Waals surface area contributed by atoms with Gasteiger partial charge in [-0.15, -0.1) is 0 Å². The van der Waals surface area contributed by atoms with Gasteiger partial charge >= 0.3 is 6.09 Å². The average Bonchev–Trinajstić information content (AvgIpc) is 2.92. The molecule has 1 N–H and O–H groups in total. The molecule has 2 aromatic rings. The molecule has 2 heterocycles. The normalized spacial score (nSPS) is 16.0. The number of aryl methyl sites for hydroxylation is 1. The number of benzene rings is 1. The van der Waals surface area contributed by atoms with Gasteiger partial charge in [0.1, 0.15) is 5.60 Å². The van der Waals surface area contributed by atoms with Crippen molar-refractivity contribution in [2.45, 2.75) is 70.8 Å². The van der Waals surface area contributed by atoms with Gasteiger partial charge in [0.15, 0.2) is 0 Å². The summed E-state index contributed by atoms with van der Waals surface area (Å²) in [4.78, 5) is 26.1. The molecule has 40 heavy (non-hydrogen) atoms. The summed E-state index contributed by atoms with van der Waals surface area (Å²) in [5, 5.41) is 13.5. The van der Waals surface area contributed by atoms with Crippen LogP contribution in [-0.4, -0.2) is 45.2 Å². The third-order valence-corrected chi connectivity index (χ3v) is 7.13. The lowest BCUT2D eigenvalue weighted by molar-refractivity contribution is 0.0205. The van der Waals surface area contributed by atoms with E-state index in [4.69, 9.17) is 4.74 Å². The summed E-state index contributed by atoms with van der Waals surface area (Å²) in [6.07, 6.45) is 12.6. The second-order valence-electron chi connectivity index (χ2n) is 11.3. The van der Waals surface area contributed by atoms with E-state index < -0.39 is 5.60 Å². The number of oxime groups is 1. The van der Waals surface area contributed by atoms with Crippen molar-refractivity contribution >= 4 is 11.8 Å². The zero-order valence-corrected chi connectivity index (χ0v) is 24.5. The maximum absolute atomic E-state index is 12.4. The lowest BCUT2D eigenvalue weighted by Gasteiger charge is -2.33. The number of aromatic nitrogens is 1. The highest BCUT2D eigenvalue weighted by Crippen LogP contribution is 2.33. The Labute approximate surface area is 238 Å². The summed E-state index contributed by atoms with van der Waals surface area (Å²) in [6.45, 7) is 13.4. The van der Waals surface area contributed by atoms with Crippen LogP contribution in [0.2, 0.25) is 0 Å². The maximum Gasteiger partial charge on any atom is 0.410 e. The van der Waals surface area contributed by atoms with E-state index in [2.05, 4.69) is 49.0 Å². The van der Waals surface area contributed by atoms with Gasteiger partial charge in [0.05, 0.1) is 5.71 Å². The number of nitrogens with zero attached hydrogens (tertiary/aromatic N) is 3. The molecule has 7 nitrogen and oxygen atoms in total. The van der Waals surface area contributed by atoms with Crippen LogP contribution in [-0.2, 0) is 11.8 Å². The van der Waals surface area contributed by atoms with E-state index in [1.807, 2.05) is 39.0 Å². The van der Waals surface area contributed by atoms with Crippen molar-refractivity contribution in [1.82, 2.24) is 9.47 Å². The van der Waals surface area contributed by atoms with Crippen molar-refractivity contribution in [2.75, 3.05) is 13.1 Å². The third kappa shape index (κ3) is 8.57. The highest BCUT2D eigenvalue weighted by Gasteiger charge is 2.28. The first-order valence-electron chi connectivity index (χ1n) is 14.0. The molecule has 214 valence electrons. The van der Waals surface area contributed by atoms with Crippen LogP contribution in [0.4, 0.5) is 4.79 Å². The first kappa shape index (κ1) is 30.7. The number of likely N-dealkylation sites (tertiary alicyclic amines) is 1. The second-order valence-corrected chi connectivity index (χ2v) is 11.3. The maximum atomic E-state index is 12.4. The summed E-state index contributed by atoms with van der Waals surface area (Å²) in [5.41, 5.74) is 3.75. The Morgan fingerprint density at radius 3 is 2.40 bits per heavy atom. The molecule has 0 radical (unpaired) electrons. The van der Waals surface area contributed by atoms with E-state index in [0.29, 0.717) is 36.7 Å². The minimum atomic E-state index is -0.496. The van der Waals surface area contributed by atoms with Crippen LogP contribution in [0.5, 0.6) is 0 Å². The number of amides is 1. The Kier molecular flexibility index (Phi) is 10.7. The van der Waals surface area contributed by atoms with Gasteiger partial charge in [0.2, 0.25) is 5.56 Å². The van der Waals surface area contributed by atoms with Crippen LogP contribution in [0.1, 0.15) is 81.9 Å². The molecule has 1 saturated heterocycles. The number of carbonyl (C=O) groups is 1. The van der Waals surface area contributed by atoms with Crippen molar-refractivity contribution in [3.05, 3.63) is 106 Å². The van der Waals surface area contributed by atoms with Crippen LogP contribution in [0.3, 0.4) is 0 Å². The molecule has 0 bridgehead atoms. The summed E-state index contributed by atoms with van der Waals surface area (Å²) in [6, 6.07) is 11.7. The molecule has 3 rings (SSSR count). The number of hydrogen-bond donors (Lipinski definition) is 1. The molecule has 0 unspecified atom stereocenters. The summed E-state index contributed by atoms with van der Waals surface area (Å²) in [7, 11) is 1.68. The standard InChI is InChI=1S/C33H43N3O4/c1-7-8-9-10-11-24(2)29(22-30(34-39)28-16-17-31(37)35(6)23-28)27-14-12-25(13-15-27)26-18-20-36(21-19-26)32(38)40-33(3,4)5/h8-17,23,26,29,39H,2,7,18-22H2,1,3-6H3/b9-8-,11-10-,34-30+/t29-/m0/s1. The fourth-order valence-corrected chi connectivity index (χ4v) is 4.87. The van der Waals surface area contributed by atoms with E-state index in [1.165, 1.54) is 16.2 Å². The molecule has 1 aliphatic rings. The molecular weight excluding hydrogens is 502 g/mol. The Bertz CT molecular complexity index is 1300. The van der Waals surface area contributed by atoms with Crippen LogP contribution < -0.4 is 5.56 Å². The first-order chi connectivity index (χ1) is 19.0. The Balaban J connectivity index is 1.78. The zero-order valence-electron chi connectivity index (χ0n) is 24.5. The van der Waals surface area contributed by atoms with Gasteiger partial charge < -0.3 is 19.4 Å². The van der Waals surface area contributed by atoms with Crippen molar-refractivity contribution in [2.24, 2.45) is 12.2 Å². The smallest absolute Gasteiger partial charge is 0.410 e. The van der Waals surface area contributed by atoms with Crippen molar-refractivity contribution in [1.29, 1.82) is 0 Å². The molecule has 0 aliphatic carbocycles. The minimum Gasteiger partial charge on any atom is -0.444 e. The molecule has 1 aliphatic heterocycles. The van der Waals surface area contributed by atoms with Gasteiger partial charge in [-0.3, -0.25) is 4.79 Å². The number of ether oxygens (including phenoxy) is 1. The molecule has 1 amide bonds. The number of hydrogen-bond acceptors (Lipinski definition) is 5. The van der Waals surface area contributed by atoms with Gasteiger partial charge in [-0.2, -0.15) is 0 Å². The van der Waals surface area contributed by atoms with E-state index in [9.17, 15) is 14.8 Å². The Hall–Kier alpha value is -3.87. The molecule has 0 spiro atoms. The summed E-state index contributed by atoms with van der Waals surface area (Å²) in [5.74, 6) is 0.242. The summed E-state index contributed by atoms with van der Waals surface area (Å²) < 4.78 is 7.01. The molecule has 7 heteroatoms. The SMILES string of the molecule is C=C(/C=C\C=C/CC)[C@H](C/C(=N\O)c1ccc(=O)n(C)c1)c1ccc(C2CCN(C(=O)OC(C)(C)C)CC2)cc1. The summed E-state index contributed by atoms with van der Waals surface area (Å²) >= 11 is 0. The van der Waals surface area contributed by atoms with Gasteiger partial charge in [0, 0.05) is 50.3 Å². The number of allylic oxidation sites excluding steroid dienone is 5. The fourth-order valence-electron chi connectivity index (χ4n) is 4.87. The third-order valence-electron chi connectivity index (χ3n) is 7.13. The first-order valence-corrected chi connectivity index (χ1v) is 14.0. The molecular formula is C33H43N3O4.